The third-order valence-electron chi connectivity index (χ3n) is 2.12. The Hall–Kier alpha value is -2.23. The molecule has 0 aliphatic rings. The third kappa shape index (κ3) is 1.57. The number of aromatic nitrogens is 1. The molecule has 0 bridgehead atoms. The number of rotatable bonds is 2. The lowest BCUT2D eigenvalue weighted by molar-refractivity contribution is -0.385. The number of hydrogen-bond donors (Lipinski definition) is 0. The molecule has 0 radical (unpaired) electrons. The number of fused-ring (bicyclic) bond motifs is 1. The van der Waals surface area contributed by atoms with Crippen molar-refractivity contribution < 1.29 is 4.92 Å². The van der Waals surface area contributed by atoms with E-state index in [9.17, 15) is 10.1 Å². The summed E-state index contributed by atoms with van der Waals surface area (Å²) in [5, 5.41) is 11.5. The first-order valence-electron chi connectivity index (χ1n) is 4.39. The van der Waals surface area contributed by atoms with E-state index in [0.717, 1.165) is 10.9 Å². The normalized spacial score (nSPS) is 10.1. The van der Waals surface area contributed by atoms with Crippen LogP contribution in [0.4, 0.5) is 5.69 Å². The van der Waals surface area contributed by atoms with Gasteiger partial charge in [-0.3, -0.25) is 10.1 Å². The second kappa shape index (κ2) is 3.49. The van der Waals surface area contributed by atoms with Crippen LogP contribution in [-0.4, -0.2) is 9.91 Å². The SMILES string of the molecule is C=Cc1nc2ccccc2cc1[N+](=O)[O-]. The van der Waals surface area contributed by atoms with Crippen molar-refractivity contribution in [3.05, 3.63) is 52.7 Å². The molecule has 1 aromatic heterocycles. The summed E-state index contributed by atoms with van der Waals surface area (Å²) >= 11 is 0. The van der Waals surface area contributed by atoms with Crippen LogP contribution in [0.2, 0.25) is 0 Å². The van der Waals surface area contributed by atoms with Crippen LogP contribution >= 0.6 is 0 Å². The highest BCUT2D eigenvalue weighted by Crippen LogP contribution is 2.23. The molecule has 0 atom stereocenters. The number of nitro groups is 1. The number of pyridine rings is 1. The first-order valence-corrected chi connectivity index (χ1v) is 4.39. The molecule has 0 saturated carbocycles. The van der Waals surface area contributed by atoms with Crippen molar-refractivity contribution in [2.24, 2.45) is 0 Å². The largest absolute Gasteiger partial charge is 0.295 e. The molecule has 0 aliphatic carbocycles. The van der Waals surface area contributed by atoms with Gasteiger partial charge in [-0.05, 0) is 12.1 Å². The molecule has 4 heteroatoms. The second-order valence-corrected chi connectivity index (χ2v) is 3.05. The van der Waals surface area contributed by atoms with Gasteiger partial charge in [0.25, 0.3) is 5.69 Å². The van der Waals surface area contributed by atoms with Gasteiger partial charge in [0.05, 0.1) is 10.4 Å². The van der Waals surface area contributed by atoms with Crippen LogP contribution in [-0.2, 0) is 0 Å². The van der Waals surface area contributed by atoms with Gasteiger partial charge in [-0.1, -0.05) is 24.8 Å². The zero-order valence-electron chi connectivity index (χ0n) is 7.88. The zero-order chi connectivity index (χ0) is 10.8. The van der Waals surface area contributed by atoms with Crippen molar-refractivity contribution in [2.75, 3.05) is 0 Å². The molecule has 2 aromatic rings. The van der Waals surface area contributed by atoms with E-state index in [1.54, 1.807) is 6.07 Å². The molecule has 0 N–H and O–H groups in total. The van der Waals surface area contributed by atoms with E-state index in [1.165, 1.54) is 12.1 Å². The number of para-hydroxylation sites is 1. The summed E-state index contributed by atoms with van der Waals surface area (Å²) < 4.78 is 0. The molecule has 0 unspecified atom stereocenters. The highest BCUT2D eigenvalue weighted by Gasteiger charge is 2.13. The van der Waals surface area contributed by atoms with Crippen LogP contribution in [0.15, 0.2) is 36.9 Å². The lowest BCUT2D eigenvalue weighted by atomic mass is 10.2. The van der Waals surface area contributed by atoms with Gasteiger partial charge in [0.2, 0.25) is 0 Å². The topological polar surface area (TPSA) is 56.0 Å². The molecule has 0 amide bonds. The van der Waals surface area contributed by atoms with Crippen molar-refractivity contribution in [2.45, 2.75) is 0 Å². The summed E-state index contributed by atoms with van der Waals surface area (Å²) in [5.41, 5.74) is 1.03. The van der Waals surface area contributed by atoms with Gasteiger partial charge in [-0.15, -0.1) is 0 Å². The summed E-state index contributed by atoms with van der Waals surface area (Å²) in [4.78, 5) is 14.4. The molecule has 4 nitrogen and oxygen atoms in total. The van der Waals surface area contributed by atoms with E-state index in [-0.39, 0.29) is 5.69 Å². The summed E-state index contributed by atoms with van der Waals surface area (Å²) in [6, 6.07) is 8.78. The molecule has 15 heavy (non-hydrogen) atoms. The average molecular weight is 200 g/mol. The maximum Gasteiger partial charge on any atom is 0.295 e. The number of hydrogen-bond acceptors (Lipinski definition) is 3. The van der Waals surface area contributed by atoms with Gasteiger partial charge in [0.1, 0.15) is 5.69 Å². The minimum atomic E-state index is -0.448. The third-order valence-corrected chi connectivity index (χ3v) is 2.12. The quantitative estimate of drug-likeness (QED) is 0.553. The summed E-state index contributed by atoms with van der Waals surface area (Å²) in [5.74, 6) is 0. The molecule has 1 heterocycles. The lowest BCUT2D eigenvalue weighted by Gasteiger charge is -2.00. The molecule has 0 spiro atoms. The Balaban J connectivity index is 2.80. The lowest BCUT2D eigenvalue weighted by Crippen LogP contribution is -1.94. The molecule has 0 saturated heterocycles. The van der Waals surface area contributed by atoms with E-state index in [2.05, 4.69) is 11.6 Å². The Labute approximate surface area is 86.0 Å². The maximum atomic E-state index is 10.7. The van der Waals surface area contributed by atoms with Gasteiger partial charge in [-0.2, -0.15) is 0 Å². The molecule has 2 rings (SSSR count). The summed E-state index contributed by atoms with van der Waals surface area (Å²) in [6.45, 7) is 3.51. The van der Waals surface area contributed by atoms with E-state index in [4.69, 9.17) is 0 Å². The Morgan fingerprint density at radius 3 is 2.80 bits per heavy atom. The van der Waals surface area contributed by atoms with Gasteiger partial charge in [-0.25, -0.2) is 4.98 Å². The van der Waals surface area contributed by atoms with Crippen LogP contribution < -0.4 is 0 Å². The second-order valence-electron chi connectivity index (χ2n) is 3.05. The first kappa shape index (κ1) is 9.33. The van der Waals surface area contributed by atoms with E-state index in [1.807, 2.05) is 18.2 Å². The fourth-order valence-electron chi connectivity index (χ4n) is 1.42. The summed E-state index contributed by atoms with van der Waals surface area (Å²) in [7, 11) is 0. The predicted molar refractivity (Wildman–Crippen MR) is 58.5 cm³/mol. The summed E-state index contributed by atoms with van der Waals surface area (Å²) in [6.07, 6.45) is 1.39. The molecule has 1 aromatic carbocycles. The van der Waals surface area contributed by atoms with Crippen molar-refractivity contribution in [3.63, 3.8) is 0 Å². The van der Waals surface area contributed by atoms with Gasteiger partial charge >= 0.3 is 0 Å². The Bertz CT molecular complexity index is 549. The molecule has 0 aliphatic heterocycles. The van der Waals surface area contributed by atoms with Crippen molar-refractivity contribution in [1.29, 1.82) is 0 Å². The van der Waals surface area contributed by atoms with Crippen molar-refractivity contribution >= 4 is 22.7 Å². The standard InChI is InChI=1S/C11H8N2O2/c1-2-9-11(13(14)15)7-8-5-3-4-6-10(8)12-9/h2-7H,1H2. The zero-order valence-corrected chi connectivity index (χ0v) is 7.88. The molecule has 74 valence electrons. The minimum absolute atomic E-state index is 0.0105. The number of benzene rings is 1. The highest BCUT2D eigenvalue weighted by molar-refractivity contribution is 5.83. The Kier molecular flexibility index (Phi) is 2.17. The van der Waals surface area contributed by atoms with Crippen LogP contribution in [0.25, 0.3) is 17.0 Å². The van der Waals surface area contributed by atoms with E-state index in [0.29, 0.717) is 5.69 Å². The smallest absolute Gasteiger partial charge is 0.258 e. The Morgan fingerprint density at radius 1 is 1.40 bits per heavy atom. The highest BCUT2D eigenvalue weighted by atomic mass is 16.6. The van der Waals surface area contributed by atoms with Gasteiger partial charge < -0.3 is 0 Å². The minimum Gasteiger partial charge on any atom is -0.258 e. The monoisotopic (exact) mass is 200 g/mol. The van der Waals surface area contributed by atoms with Gasteiger partial charge in [0.15, 0.2) is 0 Å². The fourth-order valence-corrected chi connectivity index (χ4v) is 1.42. The van der Waals surface area contributed by atoms with Gasteiger partial charge in [0, 0.05) is 11.5 Å². The van der Waals surface area contributed by atoms with E-state index < -0.39 is 4.92 Å². The van der Waals surface area contributed by atoms with Crippen LogP contribution in [0.3, 0.4) is 0 Å². The van der Waals surface area contributed by atoms with Crippen LogP contribution in [0.1, 0.15) is 5.69 Å². The Morgan fingerprint density at radius 2 is 2.13 bits per heavy atom. The van der Waals surface area contributed by atoms with Crippen LogP contribution in [0.5, 0.6) is 0 Å². The average Bonchev–Trinajstić information content (AvgIpc) is 2.27. The predicted octanol–water partition coefficient (Wildman–Crippen LogP) is 2.79. The van der Waals surface area contributed by atoms with Crippen LogP contribution in [0, 0.1) is 10.1 Å². The van der Waals surface area contributed by atoms with E-state index >= 15 is 0 Å². The number of nitrogens with zero attached hydrogens (tertiary/aromatic N) is 2. The van der Waals surface area contributed by atoms with Crippen molar-refractivity contribution in [1.82, 2.24) is 4.98 Å². The van der Waals surface area contributed by atoms with Crippen molar-refractivity contribution in [3.8, 4) is 0 Å². The molecule has 0 fully saturated rings. The fraction of sp³-hybridized carbons (Fsp3) is 0. The first-order chi connectivity index (χ1) is 7.22. The maximum absolute atomic E-state index is 10.7. The molecular formula is C11H8N2O2. The molecular weight excluding hydrogens is 192 g/mol.